The molecule has 0 saturated heterocycles. The van der Waals surface area contributed by atoms with E-state index in [1.807, 2.05) is 12.1 Å². The second kappa shape index (κ2) is 6.12. The van der Waals surface area contributed by atoms with Crippen molar-refractivity contribution in [1.29, 1.82) is 0 Å². The van der Waals surface area contributed by atoms with E-state index in [0.29, 0.717) is 6.04 Å². The lowest BCUT2D eigenvalue weighted by Gasteiger charge is -2.31. The zero-order valence-corrected chi connectivity index (χ0v) is 11.8. The Kier molecular flexibility index (Phi) is 4.51. The fourth-order valence-corrected chi connectivity index (χ4v) is 2.88. The van der Waals surface area contributed by atoms with Crippen LogP contribution >= 0.6 is 0 Å². The number of hydrogen-bond acceptors (Lipinski definition) is 2. The fourth-order valence-electron chi connectivity index (χ4n) is 2.88. The largest absolute Gasteiger partial charge is 0.497 e. The van der Waals surface area contributed by atoms with Gasteiger partial charge in [0.25, 0.3) is 0 Å². The molecule has 1 aromatic carbocycles. The second-order valence-corrected chi connectivity index (χ2v) is 5.73. The molecule has 0 heterocycles. The van der Waals surface area contributed by atoms with Gasteiger partial charge in [-0.3, -0.25) is 0 Å². The van der Waals surface area contributed by atoms with Crippen molar-refractivity contribution in [2.45, 2.75) is 45.6 Å². The third-order valence-corrected chi connectivity index (χ3v) is 4.16. The van der Waals surface area contributed by atoms with Crippen LogP contribution in [0.5, 0.6) is 5.75 Å². The molecule has 0 amide bonds. The average molecular weight is 247 g/mol. The molecule has 1 aliphatic rings. The Morgan fingerprint density at radius 1 is 1.17 bits per heavy atom. The Labute approximate surface area is 111 Å². The van der Waals surface area contributed by atoms with Crippen LogP contribution in [0.15, 0.2) is 24.3 Å². The maximum absolute atomic E-state index is 5.25. The standard InChI is InChI=1S/C16H25NO/c1-12(2)13-7-9-14(10-8-13)17-15-5-4-6-16(11-15)18-3/h4-6,11-14,17H,7-10H2,1-3H3. The van der Waals surface area contributed by atoms with E-state index in [-0.39, 0.29) is 0 Å². The van der Waals surface area contributed by atoms with E-state index < -0.39 is 0 Å². The quantitative estimate of drug-likeness (QED) is 0.855. The summed E-state index contributed by atoms with van der Waals surface area (Å²) in [5, 5.41) is 3.64. The Hall–Kier alpha value is -1.18. The molecule has 1 N–H and O–H groups in total. The van der Waals surface area contributed by atoms with Gasteiger partial charge in [0.05, 0.1) is 7.11 Å². The molecule has 0 radical (unpaired) electrons. The monoisotopic (exact) mass is 247 g/mol. The van der Waals surface area contributed by atoms with Crippen LogP contribution in [-0.2, 0) is 0 Å². The van der Waals surface area contributed by atoms with Crippen molar-refractivity contribution >= 4 is 5.69 Å². The summed E-state index contributed by atoms with van der Waals surface area (Å²) in [5.74, 6) is 2.69. The summed E-state index contributed by atoms with van der Waals surface area (Å²) in [6.45, 7) is 4.70. The topological polar surface area (TPSA) is 21.3 Å². The van der Waals surface area contributed by atoms with Crippen LogP contribution in [0.25, 0.3) is 0 Å². The van der Waals surface area contributed by atoms with Crippen LogP contribution in [0.3, 0.4) is 0 Å². The highest BCUT2D eigenvalue weighted by Crippen LogP contribution is 2.31. The van der Waals surface area contributed by atoms with Crippen LogP contribution in [0, 0.1) is 11.8 Å². The van der Waals surface area contributed by atoms with Gasteiger partial charge >= 0.3 is 0 Å². The maximum Gasteiger partial charge on any atom is 0.120 e. The second-order valence-electron chi connectivity index (χ2n) is 5.73. The van der Waals surface area contributed by atoms with Gasteiger partial charge in [0.15, 0.2) is 0 Å². The molecule has 1 fully saturated rings. The highest BCUT2D eigenvalue weighted by molar-refractivity contribution is 5.48. The number of ether oxygens (including phenoxy) is 1. The van der Waals surface area contributed by atoms with E-state index >= 15 is 0 Å². The van der Waals surface area contributed by atoms with E-state index in [4.69, 9.17) is 4.74 Å². The molecule has 0 bridgehead atoms. The highest BCUT2D eigenvalue weighted by Gasteiger charge is 2.22. The minimum absolute atomic E-state index is 0.632. The van der Waals surface area contributed by atoms with Crippen LogP contribution in [0.4, 0.5) is 5.69 Å². The first kappa shape index (κ1) is 13.3. The lowest BCUT2D eigenvalue weighted by atomic mass is 9.79. The lowest BCUT2D eigenvalue weighted by Crippen LogP contribution is -2.27. The third kappa shape index (κ3) is 3.41. The molecule has 100 valence electrons. The van der Waals surface area contributed by atoms with Gasteiger partial charge in [-0.15, -0.1) is 0 Å². The van der Waals surface area contributed by atoms with Crippen molar-refractivity contribution in [3.8, 4) is 5.75 Å². The Morgan fingerprint density at radius 2 is 1.89 bits per heavy atom. The van der Waals surface area contributed by atoms with Gasteiger partial charge in [-0.25, -0.2) is 0 Å². The van der Waals surface area contributed by atoms with Gasteiger partial charge in [-0.1, -0.05) is 19.9 Å². The Balaban J connectivity index is 1.87. The maximum atomic E-state index is 5.25. The Morgan fingerprint density at radius 3 is 2.50 bits per heavy atom. The molecule has 2 nitrogen and oxygen atoms in total. The van der Waals surface area contributed by atoms with Gasteiger partial charge < -0.3 is 10.1 Å². The molecule has 1 saturated carbocycles. The molecule has 0 aromatic heterocycles. The minimum atomic E-state index is 0.632. The molecule has 1 aliphatic carbocycles. The van der Waals surface area contributed by atoms with Crippen LogP contribution < -0.4 is 10.1 Å². The summed E-state index contributed by atoms with van der Waals surface area (Å²) in [5.41, 5.74) is 1.18. The van der Waals surface area contributed by atoms with Crippen molar-refractivity contribution in [2.24, 2.45) is 11.8 Å². The molecular weight excluding hydrogens is 222 g/mol. The zero-order valence-electron chi connectivity index (χ0n) is 11.8. The van der Waals surface area contributed by atoms with Gasteiger partial charge in [0.2, 0.25) is 0 Å². The summed E-state index contributed by atoms with van der Waals surface area (Å²) < 4.78 is 5.25. The summed E-state index contributed by atoms with van der Waals surface area (Å²) in [7, 11) is 1.72. The van der Waals surface area contributed by atoms with E-state index in [1.165, 1.54) is 31.4 Å². The van der Waals surface area contributed by atoms with Crippen molar-refractivity contribution in [2.75, 3.05) is 12.4 Å². The SMILES string of the molecule is COc1cccc(NC2CCC(C(C)C)CC2)c1. The van der Waals surface area contributed by atoms with Crippen molar-refractivity contribution in [3.63, 3.8) is 0 Å². The number of nitrogens with one attached hydrogen (secondary N) is 1. The zero-order chi connectivity index (χ0) is 13.0. The number of anilines is 1. The summed E-state index contributed by atoms with van der Waals surface area (Å²) in [6, 6.07) is 8.86. The molecule has 0 aliphatic heterocycles. The highest BCUT2D eigenvalue weighted by atomic mass is 16.5. The molecular formula is C16H25NO. The van der Waals surface area contributed by atoms with Gasteiger partial charge in [0.1, 0.15) is 5.75 Å². The van der Waals surface area contributed by atoms with Crippen molar-refractivity contribution in [3.05, 3.63) is 24.3 Å². The van der Waals surface area contributed by atoms with Gasteiger partial charge in [-0.2, -0.15) is 0 Å². The summed E-state index contributed by atoms with van der Waals surface area (Å²) in [6.07, 6.45) is 5.30. The molecule has 2 heteroatoms. The summed E-state index contributed by atoms with van der Waals surface area (Å²) in [4.78, 5) is 0. The number of hydrogen-bond donors (Lipinski definition) is 1. The minimum Gasteiger partial charge on any atom is -0.497 e. The average Bonchev–Trinajstić information content (AvgIpc) is 2.39. The van der Waals surface area contributed by atoms with E-state index in [9.17, 15) is 0 Å². The molecule has 1 aromatic rings. The predicted molar refractivity (Wildman–Crippen MR) is 77.2 cm³/mol. The van der Waals surface area contributed by atoms with Gasteiger partial charge in [0, 0.05) is 17.8 Å². The molecule has 2 rings (SSSR count). The lowest BCUT2D eigenvalue weighted by molar-refractivity contribution is 0.267. The first-order valence-corrected chi connectivity index (χ1v) is 7.09. The van der Waals surface area contributed by atoms with Crippen LogP contribution in [0.2, 0.25) is 0 Å². The number of benzene rings is 1. The predicted octanol–water partition coefficient (Wildman–Crippen LogP) is 4.32. The third-order valence-electron chi connectivity index (χ3n) is 4.16. The van der Waals surface area contributed by atoms with Crippen molar-refractivity contribution < 1.29 is 4.74 Å². The van der Waals surface area contributed by atoms with Crippen molar-refractivity contribution in [1.82, 2.24) is 0 Å². The molecule has 18 heavy (non-hydrogen) atoms. The number of methoxy groups -OCH3 is 1. The van der Waals surface area contributed by atoms with E-state index in [0.717, 1.165) is 17.6 Å². The fraction of sp³-hybridized carbons (Fsp3) is 0.625. The first-order valence-electron chi connectivity index (χ1n) is 7.09. The van der Waals surface area contributed by atoms with E-state index in [1.54, 1.807) is 7.11 Å². The smallest absolute Gasteiger partial charge is 0.120 e. The number of rotatable bonds is 4. The van der Waals surface area contributed by atoms with E-state index in [2.05, 4.69) is 31.3 Å². The molecule has 0 atom stereocenters. The molecule has 0 unspecified atom stereocenters. The normalized spacial score (nSPS) is 24.0. The first-order chi connectivity index (χ1) is 8.69. The molecule has 0 spiro atoms. The summed E-state index contributed by atoms with van der Waals surface area (Å²) >= 11 is 0. The Bertz CT molecular complexity index is 367. The van der Waals surface area contributed by atoms with Gasteiger partial charge in [-0.05, 0) is 49.7 Å². The van der Waals surface area contributed by atoms with Crippen LogP contribution in [-0.4, -0.2) is 13.2 Å². The van der Waals surface area contributed by atoms with Crippen LogP contribution in [0.1, 0.15) is 39.5 Å².